The molecule has 2 rings (SSSR count). The van der Waals surface area contributed by atoms with Gasteiger partial charge in [0.2, 0.25) is 0 Å². The Labute approximate surface area is 94.9 Å². The molecule has 0 amide bonds. The monoisotopic (exact) mass is 209 g/mol. The van der Waals surface area contributed by atoms with Gasteiger partial charge in [0.1, 0.15) is 5.75 Å². The first-order valence-corrected chi connectivity index (χ1v) is 4.90. The average Bonchev–Trinajstić information content (AvgIpc) is 2.39. The summed E-state index contributed by atoms with van der Waals surface area (Å²) in [5.74, 6) is 3.43. The highest BCUT2D eigenvalue weighted by molar-refractivity contribution is 5.61. The second-order valence-corrected chi connectivity index (χ2v) is 3.30. The van der Waals surface area contributed by atoms with E-state index in [9.17, 15) is 0 Å². The van der Waals surface area contributed by atoms with Crippen molar-refractivity contribution in [2.24, 2.45) is 0 Å². The van der Waals surface area contributed by atoms with Crippen LogP contribution in [0.2, 0.25) is 0 Å². The van der Waals surface area contributed by atoms with Gasteiger partial charge in [-0.1, -0.05) is 5.92 Å². The summed E-state index contributed by atoms with van der Waals surface area (Å²) in [6, 6.07) is 11.4. The molecular formula is C14H11NO. The molecule has 1 heterocycles. The van der Waals surface area contributed by atoms with Crippen LogP contribution in [0.5, 0.6) is 5.75 Å². The lowest BCUT2D eigenvalue weighted by Crippen LogP contribution is -1.86. The van der Waals surface area contributed by atoms with Gasteiger partial charge in [0.05, 0.1) is 12.8 Å². The summed E-state index contributed by atoms with van der Waals surface area (Å²) >= 11 is 0. The minimum absolute atomic E-state index is 0.830. The van der Waals surface area contributed by atoms with Crippen LogP contribution in [0, 0.1) is 12.3 Å². The van der Waals surface area contributed by atoms with Gasteiger partial charge in [-0.3, -0.25) is 4.98 Å². The molecule has 0 aliphatic heterocycles. The molecule has 16 heavy (non-hydrogen) atoms. The first-order chi connectivity index (χ1) is 7.83. The third-order valence-corrected chi connectivity index (χ3v) is 2.31. The van der Waals surface area contributed by atoms with Crippen molar-refractivity contribution in [1.29, 1.82) is 0 Å². The van der Waals surface area contributed by atoms with Gasteiger partial charge in [-0.15, -0.1) is 6.42 Å². The zero-order valence-corrected chi connectivity index (χ0v) is 8.97. The quantitative estimate of drug-likeness (QED) is 0.709. The number of rotatable bonds is 2. The summed E-state index contributed by atoms with van der Waals surface area (Å²) in [6.07, 6.45) is 7.06. The number of nitrogens with zero attached hydrogens (tertiary/aromatic N) is 1. The number of benzene rings is 1. The highest BCUT2D eigenvalue weighted by atomic mass is 16.5. The number of ether oxygens (including phenoxy) is 1. The summed E-state index contributed by atoms with van der Waals surface area (Å²) in [5.41, 5.74) is 2.73. The second-order valence-electron chi connectivity index (χ2n) is 3.30. The molecule has 0 N–H and O–H groups in total. The molecule has 0 radical (unpaired) electrons. The summed E-state index contributed by atoms with van der Waals surface area (Å²) in [6.45, 7) is 0. The van der Waals surface area contributed by atoms with E-state index in [2.05, 4.69) is 10.9 Å². The lowest BCUT2D eigenvalue weighted by atomic mass is 10.1. The lowest BCUT2D eigenvalue weighted by Gasteiger charge is -2.03. The Kier molecular flexibility index (Phi) is 2.88. The first-order valence-electron chi connectivity index (χ1n) is 4.90. The minimum atomic E-state index is 0.830. The molecule has 0 spiro atoms. The molecule has 2 aromatic rings. The molecule has 1 aromatic carbocycles. The molecule has 0 saturated heterocycles. The fraction of sp³-hybridized carbons (Fsp3) is 0.0714. The smallest absolute Gasteiger partial charge is 0.118 e. The van der Waals surface area contributed by atoms with Gasteiger partial charge in [-0.2, -0.15) is 0 Å². The van der Waals surface area contributed by atoms with Gasteiger partial charge in [0.15, 0.2) is 0 Å². The van der Waals surface area contributed by atoms with Gasteiger partial charge in [-0.05, 0) is 36.4 Å². The fourth-order valence-corrected chi connectivity index (χ4v) is 1.44. The predicted octanol–water partition coefficient (Wildman–Crippen LogP) is 2.74. The Bertz CT molecular complexity index is 523. The van der Waals surface area contributed by atoms with Crippen LogP contribution in [0.1, 0.15) is 5.56 Å². The Morgan fingerprint density at radius 1 is 1.19 bits per heavy atom. The van der Waals surface area contributed by atoms with Crippen molar-refractivity contribution in [3.05, 3.63) is 48.2 Å². The third-order valence-electron chi connectivity index (χ3n) is 2.31. The van der Waals surface area contributed by atoms with Gasteiger partial charge in [0.25, 0.3) is 0 Å². The molecule has 0 fully saturated rings. The van der Waals surface area contributed by atoms with E-state index < -0.39 is 0 Å². The SMILES string of the molecule is C#Cc1ccnc(-c2ccc(OC)cc2)c1. The molecule has 0 aliphatic carbocycles. The van der Waals surface area contributed by atoms with E-state index in [-0.39, 0.29) is 0 Å². The molecule has 0 atom stereocenters. The Hall–Kier alpha value is -2.27. The Balaban J connectivity index is 2.39. The second kappa shape index (κ2) is 4.50. The number of hydrogen-bond acceptors (Lipinski definition) is 2. The van der Waals surface area contributed by atoms with E-state index in [1.807, 2.05) is 36.4 Å². The van der Waals surface area contributed by atoms with Crippen LogP contribution < -0.4 is 4.74 Å². The van der Waals surface area contributed by atoms with Crippen LogP contribution >= 0.6 is 0 Å². The third kappa shape index (κ3) is 2.04. The zero-order chi connectivity index (χ0) is 11.4. The van der Waals surface area contributed by atoms with Gasteiger partial charge in [0, 0.05) is 17.3 Å². The van der Waals surface area contributed by atoms with E-state index >= 15 is 0 Å². The molecule has 0 saturated carbocycles. The van der Waals surface area contributed by atoms with E-state index in [0.29, 0.717) is 0 Å². The summed E-state index contributed by atoms with van der Waals surface area (Å²) in [7, 11) is 1.65. The zero-order valence-electron chi connectivity index (χ0n) is 8.97. The van der Waals surface area contributed by atoms with Crippen LogP contribution in [-0.4, -0.2) is 12.1 Å². The van der Waals surface area contributed by atoms with E-state index in [0.717, 1.165) is 22.6 Å². The Morgan fingerprint density at radius 2 is 1.94 bits per heavy atom. The summed E-state index contributed by atoms with van der Waals surface area (Å²) in [4.78, 5) is 4.28. The van der Waals surface area contributed by atoms with Crippen LogP contribution in [-0.2, 0) is 0 Å². The van der Waals surface area contributed by atoms with Crippen molar-refractivity contribution in [1.82, 2.24) is 4.98 Å². The summed E-state index contributed by atoms with van der Waals surface area (Å²) < 4.78 is 5.10. The Morgan fingerprint density at radius 3 is 2.56 bits per heavy atom. The summed E-state index contributed by atoms with van der Waals surface area (Å²) in [5, 5.41) is 0. The topological polar surface area (TPSA) is 22.1 Å². The maximum absolute atomic E-state index is 5.34. The van der Waals surface area contributed by atoms with Crippen LogP contribution in [0.25, 0.3) is 11.3 Å². The van der Waals surface area contributed by atoms with Crippen molar-refractivity contribution in [2.45, 2.75) is 0 Å². The van der Waals surface area contributed by atoms with Crippen molar-refractivity contribution in [3.63, 3.8) is 0 Å². The lowest BCUT2D eigenvalue weighted by molar-refractivity contribution is 0.415. The van der Waals surface area contributed by atoms with Gasteiger partial charge in [-0.25, -0.2) is 0 Å². The van der Waals surface area contributed by atoms with Crippen molar-refractivity contribution < 1.29 is 4.74 Å². The molecule has 0 unspecified atom stereocenters. The van der Waals surface area contributed by atoms with Crippen molar-refractivity contribution in [3.8, 4) is 29.4 Å². The fourth-order valence-electron chi connectivity index (χ4n) is 1.44. The number of methoxy groups -OCH3 is 1. The normalized spacial score (nSPS) is 9.50. The standard InChI is InChI=1S/C14H11NO/c1-3-11-8-9-15-14(10-11)12-4-6-13(16-2)7-5-12/h1,4-10H,2H3. The van der Waals surface area contributed by atoms with Crippen LogP contribution in [0.15, 0.2) is 42.6 Å². The number of pyridine rings is 1. The van der Waals surface area contributed by atoms with Gasteiger partial charge < -0.3 is 4.74 Å². The molecule has 78 valence electrons. The molecule has 1 aromatic heterocycles. The minimum Gasteiger partial charge on any atom is -0.497 e. The molecule has 0 bridgehead atoms. The highest BCUT2D eigenvalue weighted by Crippen LogP contribution is 2.20. The number of terminal acetylenes is 1. The predicted molar refractivity (Wildman–Crippen MR) is 64.2 cm³/mol. The number of aromatic nitrogens is 1. The molecular weight excluding hydrogens is 198 g/mol. The van der Waals surface area contributed by atoms with Crippen molar-refractivity contribution in [2.75, 3.05) is 7.11 Å². The molecule has 0 aliphatic rings. The van der Waals surface area contributed by atoms with Crippen LogP contribution in [0.4, 0.5) is 0 Å². The maximum Gasteiger partial charge on any atom is 0.118 e. The number of hydrogen-bond donors (Lipinski definition) is 0. The molecule has 2 nitrogen and oxygen atoms in total. The van der Waals surface area contributed by atoms with Gasteiger partial charge >= 0.3 is 0 Å². The van der Waals surface area contributed by atoms with E-state index in [1.54, 1.807) is 13.3 Å². The first kappa shape index (κ1) is 10.3. The largest absolute Gasteiger partial charge is 0.497 e. The van der Waals surface area contributed by atoms with E-state index in [4.69, 9.17) is 11.2 Å². The van der Waals surface area contributed by atoms with E-state index in [1.165, 1.54) is 0 Å². The van der Waals surface area contributed by atoms with Crippen molar-refractivity contribution >= 4 is 0 Å². The maximum atomic E-state index is 5.34. The average molecular weight is 209 g/mol. The van der Waals surface area contributed by atoms with Crippen LogP contribution in [0.3, 0.4) is 0 Å². The highest BCUT2D eigenvalue weighted by Gasteiger charge is 2.00. The molecule has 2 heteroatoms.